The molecule has 2 aliphatic rings. The molecule has 0 radical (unpaired) electrons. The highest BCUT2D eigenvalue weighted by Crippen LogP contribution is 2.28. The van der Waals surface area contributed by atoms with Crippen LogP contribution in [0.4, 0.5) is 10.5 Å². The van der Waals surface area contributed by atoms with Crippen LogP contribution in [0.5, 0.6) is 0 Å². The number of urea groups is 1. The summed E-state index contributed by atoms with van der Waals surface area (Å²) in [7, 11) is 0. The van der Waals surface area contributed by atoms with E-state index in [1.807, 2.05) is 24.3 Å². The molecule has 2 N–H and O–H groups in total. The number of hydrogen-bond donors (Lipinski definition) is 2. The number of amides is 4. The Morgan fingerprint density at radius 2 is 2.10 bits per heavy atom. The van der Waals surface area contributed by atoms with Crippen molar-refractivity contribution in [3.05, 3.63) is 29.8 Å². The molecule has 1 aromatic carbocycles. The van der Waals surface area contributed by atoms with Crippen LogP contribution in [0.2, 0.25) is 0 Å². The molecule has 2 aliphatic heterocycles. The van der Waals surface area contributed by atoms with Crippen molar-refractivity contribution in [2.45, 2.75) is 25.3 Å². The third kappa shape index (κ3) is 2.24. The summed E-state index contributed by atoms with van der Waals surface area (Å²) < 4.78 is 0. The van der Waals surface area contributed by atoms with Crippen molar-refractivity contribution < 1.29 is 14.4 Å². The van der Waals surface area contributed by atoms with E-state index in [2.05, 4.69) is 10.6 Å². The lowest BCUT2D eigenvalue weighted by atomic mass is 10.1. The van der Waals surface area contributed by atoms with Gasteiger partial charge in [0.1, 0.15) is 6.04 Å². The molecule has 3 rings (SSSR count). The molecule has 20 heavy (non-hydrogen) atoms. The summed E-state index contributed by atoms with van der Waals surface area (Å²) in [5.74, 6) is -0.367. The molecule has 0 spiro atoms. The molecule has 1 saturated heterocycles. The van der Waals surface area contributed by atoms with Crippen molar-refractivity contribution in [2.24, 2.45) is 0 Å². The third-order valence-electron chi connectivity index (χ3n) is 3.69. The Kier molecular flexibility index (Phi) is 3.14. The smallest absolute Gasteiger partial charge is 0.322 e. The zero-order valence-corrected chi connectivity index (χ0v) is 10.9. The van der Waals surface area contributed by atoms with Gasteiger partial charge >= 0.3 is 6.03 Å². The number of carbonyl (C=O) groups excluding carboxylic acids is 3. The van der Waals surface area contributed by atoms with Crippen LogP contribution in [-0.2, 0) is 16.0 Å². The number of carbonyl (C=O) groups is 3. The second-order valence-corrected chi connectivity index (χ2v) is 4.98. The fourth-order valence-corrected chi connectivity index (χ4v) is 2.66. The minimum atomic E-state index is -0.593. The van der Waals surface area contributed by atoms with E-state index in [1.54, 1.807) is 4.90 Å². The topological polar surface area (TPSA) is 78.5 Å². The molecule has 0 unspecified atom stereocenters. The van der Waals surface area contributed by atoms with Crippen molar-refractivity contribution in [3.63, 3.8) is 0 Å². The summed E-state index contributed by atoms with van der Waals surface area (Å²) in [6, 6.07) is 6.75. The molecular formula is C14H15N3O3. The molecule has 1 atom stereocenters. The standard InChI is InChI=1S/C14H15N3O3/c18-12(6-5-10-13(19)16-14(20)15-10)17-8-7-9-3-1-2-4-11(9)17/h1-4,10H,5-8H2,(H2,15,16,19,20)/t10-/m1/s1. The summed E-state index contributed by atoms with van der Waals surface area (Å²) in [5, 5.41) is 4.66. The van der Waals surface area contributed by atoms with Gasteiger partial charge in [-0.15, -0.1) is 0 Å². The molecular weight excluding hydrogens is 258 g/mol. The fraction of sp³-hybridized carbons (Fsp3) is 0.357. The van der Waals surface area contributed by atoms with Gasteiger partial charge in [-0.05, 0) is 24.5 Å². The van der Waals surface area contributed by atoms with E-state index in [0.29, 0.717) is 13.0 Å². The zero-order valence-electron chi connectivity index (χ0n) is 10.9. The third-order valence-corrected chi connectivity index (χ3v) is 3.69. The van der Waals surface area contributed by atoms with Crippen LogP contribution >= 0.6 is 0 Å². The van der Waals surface area contributed by atoms with Gasteiger partial charge < -0.3 is 10.2 Å². The van der Waals surface area contributed by atoms with E-state index in [1.165, 1.54) is 5.56 Å². The number of imide groups is 1. The van der Waals surface area contributed by atoms with Crippen LogP contribution in [0.1, 0.15) is 18.4 Å². The van der Waals surface area contributed by atoms with E-state index in [-0.39, 0.29) is 18.2 Å². The summed E-state index contributed by atoms with van der Waals surface area (Å²) in [4.78, 5) is 36.4. The minimum absolute atomic E-state index is 0.0103. The van der Waals surface area contributed by atoms with E-state index in [0.717, 1.165) is 12.1 Å². The highest BCUT2D eigenvalue weighted by molar-refractivity contribution is 6.04. The Hall–Kier alpha value is -2.37. The van der Waals surface area contributed by atoms with Gasteiger partial charge in [0.25, 0.3) is 5.91 Å². The predicted molar refractivity (Wildman–Crippen MR) is 72.2 cm³/mol. The maximum absolute atomic E-state index is 12.2. The number of para-hydroxylation sites is 1. The van der Waals surface area contributed by atoms with Crippen LogP contribution in [0.3, 0.4) is 0 Å². The summed E-state index contributed by atoms with van der Waals surface area (Å²) in [6.07, 6.45) is 1.43. The first-order valence-electron chi connectivity index (χ1n) is 6.65. The van der Waals surface area contributed by atoms with Crippen LogP contribution in [0.15, 0.2) is 24.3 Å². The molecule has 6 nitrogen and oxygen atoms in total. The average Bonchev–Trinajstić information content (AvgIpc) is 2.99. The van der Waals surface area contributed by atoms with E-state index in [9.17, 15) is 14.4 Å². The van der Waals surface area contributed by atoms with Crippen molar-refractivity contribution >= 4 is 23.5 Å². The predicted octanol–water partition coefficient (Wildman–Crippen LogP) is 0.564. The number of benzene rings is 1. The molecule has 1 aromatic rings. The Labute approximate surface area is 116 Å². The molecule has 0 saturated carbocycles. The van der Waals surface area contributed by atoms with Gasteiger partial charge in [-0.3, -0.25) is 14.9 Å². The van der Waals surface area contributed by atoms with Crippen LogP contribution in [0, 0.1) is 0 Å². The first-order valence-corrected chi connectivity index (χ1v) is 6.65. The summed E-state index contributed by atoms with van der Waals surface area (Å²) >= 11 is 0. The highest BCUT2D eigenvalue weighted by atomic mass is 16.2. The number of nitrogens with one attached hydrogen (secondary N) is 2. The highest BCUT2D eigenvalue weighted by Gasteiger charge is 2.31. The Balaban J connectivity index is 1.61. The largest absolute Gasteiger partial charge is 0.326 e. The lowest BCUT2D eigenvalue weighted by Gasteiger charge is -2.18. The average molecular weight is 273 g/mol. The second-order valence-electron chi connectivity index (χ2n) is 4.98. The molecule has 0 aliphatic carbocycles. The van der Waals surface area contributed by atoms with Gasteiger partial charge in [0.05, 0.1) is 0 Å². The van der Waals surface area contributed by atoms with Crippen molar-refractivity contribution in [1.29, 1.82) is 0 Å². The van der Waals surface area contributed by atoms with E-state index in [4.69, 9.17) is 0 Å². The zero-order chi connectivity index (χ0) is 14.1. The van der Waals surface area contributed by atoms with Gasteiger partial charge in [-0.2, -0.15) is 0 Å². The number of rotatable bonds is 3. The first-order chi connectivity index (χ1) is 9.65. The van der Waals surface area contributed by atoms with Gasteiger partial charge in [-0.25, -0.2) is 4.79 Å². The normalized spacial score (nSPS) is 20.6. The summed E-state index contributed by atoms with van der Waals surface area (Å²) in [6.45, 7) is 0.682. The van der Waals surface area contributed by atoms with E-state index < -0.39 is 12.1 Å². The Bertz CT molecular complexity index is 585. The van der Waals surface area contributed by atoms with E-state index >= 15 is 0 Å². The SMILES string of the molecule is O=C1NC(=O)[C@@H](CCC(=O)N2CCc3ccccc32)N1. The Morgan fingerprint density at radius 3 is 2.85 bits per heavy atom. The van der Waals surface area contributed by atoms with Crippen molar-refractivity contribution in [1.82, 2.24) is 10.6 Å². The number of fused-ring (bicyclic) bond motifs is 1. The first kappa shape index (κ1) is 12.7. The molecule has 104 valence electrons. The lowest BCUT2D eigenvalue weighted by Crippen LogP contribution is -2.33. The monoisotopic (exact) mass is 273 g/mol. The van der Waals surface area contributed by atoms with Gasteiger partial charge in [0, 0.05) is 18.7 Å². The second kappa shape index (κ2) is 4.96. The maximum Gasteiger partial charge on any atom is 0.322 e. The number of nitrogens with zero attached hydrogens (tertiary/aromatic N) is 1. The minimum Gasteiger partial charge on any atom is -0.326 e. The lowest BCUT2D eigenvalue weighted by molar-refractivity contribution is -0.121. The number of anilines is 1. The van der Waals surface area contributed by atoms with Crippen molar-refractivity contribution in [2.75, 3.05) is 11.4 Å². The van der Waals surface area contributed by atoms with Crippen molar-refractivity contribution in [3.8, 4) is 0 Å². The Morgan fingerprint density at radius 1 is 1.30 bits per heavy atom. The number of hydrogen-bond acceptors (Lipinski definition) is 3. The van der Waals surface area contributed by atoms with Crippen LogP contribution in [-0.4, -0.2) is 30.4 Å². The molecule has 0 bridgehead atoms. The molecule has 2 heterocycles. The molecule has 4 amide bonds. The quantitative estimate of drug-likeness (QED) is 0.790. The van der Waals surface area contributed by atoms with Gasteiger partial charge in [-0.1, -0.05) is 18.2 Å². The summed E-state index contributed by atoms with van der Waals surface area (Å²) in [5.41, 5.74) is 2.13. The fourth-order valence-electron chi connectivity index (χ4n) is 2.66. The molecule has 1 fully saturated rings. The van der Waals surface area contributed by atoms with Gasteiger partial charge in [0.2, 0.25) is 5.91 Å². The molecule has 0 aromatic heterocycles. The van der Waals surface area contributed by atoms with Crippen LogP contribution in [0.25, 0.3) is 0 Å². The van der Waals surface area contributed by atoms with Crippen LogP contribution < -0.4 is 15.5 Å². The molecule has 6 heteroatoms. The maximum atomic E-state index is 12.2. The van der Waals surface area contributed by atoms with Gasteiger partial charge in [0.15, 0.2) is 0 Å².